The van der Waals surface area contributed by atoms with Crippen molar-refractivity contribution in [1.29, 1.82) is 0 Å². The van der Waals surface area contributed by atoms with Crippen molar-refractivity contribution in [2.45, 2.75) is 43.6 Å². The number of aromatic amines is 2. The second-order valence-electron chi connectivity index (χ2n) is 9.95. The van der Waals surface area contributed by atoms with E-state index in [-0.39, 0.29) is 22.4 Å². The number of thiophene rings is 1. The molecule has 0 bridgehead atoms. The van der Waals surface area contributed by atoms with Crippen LogP contribution in [0.3, 0.4) is 0 Å². The van der Waals surface area contributed by atoms with Crippen LogP contribution in [-0.2, 0) is 11.8 Å². The number of benzene rings is 1. The largest absolute Gasteiger partial charge is 0.342 e. The Kier molecular flexibility index (Phi) is 4.00. The first-order valence-corrected chi connectivity index (χ1v) is 12.6. The number of aromatic nitrogens is 4. The van der Waals surface area contributed by atoms with Gasteiger partial charge in [-0.1, -0.05) is 30.3 Å². The number of nitrogens with zero attached hydrogens (tertiary/aromatic N) is 3. The Labute approximate surface area is 195 Å². The molecule has 0 radical (unpaired) electrons. The molecule has 0 amide bonds. The van der Waals surface area contributed by atoms with Gasteiger partial charge in [-0.2, -0.15) is 10.1 Å². The quantitative estimate of drug-likeness (QED) is 0.435. The van der Waals surface area contributed by atoms with Crippen molar-refractivity contribution in [1.82, 2.24) is 20.2 Å². The molecule has 1 atom stereocenters. The molecule has 8 heteroatoms. The van der Waals surface area contributed by atoms with Gasteiger partial charge in [0.15, 0.2) is 5.65 Å². The smallest absolute Gasteiger partial charge is 0.263 e. The molecule has 1 aliphatic heterocycles. The molecule has 4 aromatic rings. The maximum atomic E-state index is 13.2. The third-order valence-electron chi connectivity index (χ3n) is 8.26. The van der Waals surface area contributed by atoms with Crippen molar-refractivity contribution in [3.63, 3.8) is 0 Å². The van der Waals surface area contributed by atoms with Gasteiger partial charge in [0, 0.05) is 29.4 Å². The van der Waals surface area contributed by atoms with Crippen LogP contribution >= 0.6 is 11.3 Å². The first-order valence-electron chi connectivity index (χ1n) is 11.7. The summed E-state index contributed by atoms with van der Waals surface area (Å²) >= 11 is 1.73. The fourth-order valence-corrected chi connectivity index (χ4v) is 7.16. The molecule has 168 valence electrons. The average molecular weight is 459 g/mol. The molecule has 33 heavy (non-hydrogen) atoms. The van der Waals surface area contributed by atoms with Gasteiger partial charge in [0.25, 0.3) is 5.56 Å². The monoisotopic (exact) mass is 458 g/mol. The Hall–Kier alpha value is -2.97. The van der Waals surface area contributed by atoms with E-state index in [1.165, 1.54) is 16.0 Å². The van der Waals surface area contributed by atoms with E-state index in [9.17, 15) is 4.79 Å². The molecule has 3 aromatic heterocycles. The molecule has 1 saturated carbocycles. The van der Waals surface area contributed by atoms with E-state index < -0.39 is 0 Å². The molecular weight excluding hydrogens is 432 g/mol. The van der Waals surface area contributed by atoms with Crippen LogP contribution in [0.25, 0.3) is 11.0 Å². The highest BCUT2D eigenvalue weighted by atomic mass is 32.1. The Morgan fingerprint density at radius 1 is 1.09 bits per heavy atom. The van der Waals surface area contributed by atoms with E-state index in [2.05, 4.69) is 61.9 Å². The number of fused-ring (bicyclic) bond motifs is 2. The third kappa shape index (κ3) is 2.74. The Bertz CT molecular complexity index is 1410. The number of rotatable bonds is 3. The summed E-state index contributed by atoms with van der Waals surface area (Å²) in [6, 6.07) is 12.9. The molecule has 7 nitrogen and oxygen atoms in total. The van der Waals surface area contributed by atoms with E-state index in [0.29, 0.717) is 17.0 Å². The molecule has 2 fully saturated rings. The lowest BCUT2D eigenvalue weighted by Crippen LogP contribution is -2.45. The van der Waals surface area contributed by atoms with E-state index in [0.717, 1.165) is 50.9 Å². The summed E-state index contributed by atoms with van der Waals surface area (Å²) in [6.07, 6.45) is 5.05. The third-order valence-corrected chi connectivity index (χ3v) is 9.34. The second kappa shape index (κ2) is 6.77. The highest BCUT2D eigenvalue weighted by molar-refractivity contribution is 7.10. The van der Waals surface area contributed by atoms with E-state index in [4.69, 9.17) is 10.7 Å². The summed E-state index contributed by atoms with van der Waals surface area (Å²) in [4.78, 5) is 24.6. The van der Waals surface area contributed by atoms with Gasteiger partial charge in [-0.05, 0) is 60.1 Å². The lowest BCUT2D eigenvalue weighted by Gasteiger charge is -2.42. The van der Waals surface area contributed by atoms with Gasteiger partial charge in [0.1, 0.15) is 5.39 Å². The molecule has 1 aromatic carbocycles. The predicted octanol–water partition coefficient (Wildman–Crippen LogP) is 3.63. The van der Waals surface area contributed by atoms with E-state index in [1.54, 1.807) is 11.3 Å². The molecule has 1 saturated heterocycles. The minimum Gasteiger partial charge on any atom is -0.342 e. The minimum atomic E-state index is -0.131. The van der Waals surface area contributed by atoms with Crippen LogP contribution in [0.15, 0.2) is 46.6 Å². The first kappa shape index (κ1) is 19.5. The van der Waals surface area contributed by atoms with Gasteiger partial charge in [0.2, 0.25) is 5.95 Å². The van der Waals surface area contributed by atoms with Gasteiger partial charge < -0.3 is 10.6 Å². The zero-order valence-electron chi connectivity index (χ0n) is 18.3. The summed E-state index contributed by atoms with van der Waals surface area (Å²) < 4.78 is 0. The number of hydrogen-bond donors (Lipinski definition) is 3. The number of H-pyrrole nitrogens is 2. The zero-order valence-corrected chi connectivity index (χ0v) is 19.1. The maximum absolute atomic E-state index is 13.2. The normalized spacial score (nSPS) is 22.7. The van der Waals surface area contributed by atoms with Crippen LogP contribution in [0.4, 0.5) is 5.95 Å². The van der Waals surface area contributed by atoms with Crippen molar-refractivity contribution >= 4 is 28.3 Å². The van der Waals surface area contributed by atoms with Crippen molar-refractivity contribution in [2.24, 2.45) is 11.1 Å². The number of anilines is 1. The average Bonchev–Trinajstić information content (AvgIpc) is 3.17. The van der Waals surface area contributed by atoms with Gasteiger partial charge in [-0.15, -0.1) is 11.3 Å². The number of hydrogen-bond acceptors (Lipinski definition) is 6. The minimum absolute atomic E-state index is 0.0764. The summed E-state index contributed by atoms with van der Waals surface area (Å²) in [7, 11) is 0. The van der Waals surface area contributed by atoms with Crippen LogP contribution in [0.5, 0.6) is 0 Å². The number of nitrogens with one attached hydrogen (secondary N) is 2. The summed E-state index contributed by atoms with van der Waals surface area (Å²) in [5.74, 6) is 0.627. The molecule has 0 unspecified atom stereocenters. The Morgan fingerprint density at radius 2 is 1.91 bits per heavy atom. The molecule has 1 spiro atoms. The van der Waals surface area contributed by atoms with Crippen LogP contribution in [0, 0.1) is 5.41 Å². The van der Waals surface area contributed by atoms with Gasteiger partial charge >= 0.3 is 0 Å². The van der Waals surface area contributed by atoms with Crippen molar-refractivity contribution in [2.75, 3.05) is 18.0 Å². The highest BCUT2D eigenvalue weighted by Crippen LogP contribution is 2.55. The topological polar surface area (TPSA) is 104 Å². The van der Waals surface area contributed by atoms with E-state index in [1.807, 2.05) is 0 Å². The van der Waals surface area contributed by atoms with Crippen LogP contribution in [0.1, 0.15) is 53.4 Å². The zero-order chi connectivity index (χ0) is 22.2. The molecule has 4 N–H and O–H groups in total. The molecule has 2 aliphatic carbocycles. The number of nitrogens with two attached hydrogens (primary N) is 1. The summed E-state index contributed by atoms with van der Waals surface area (Å²) in [5.41, 5.74) is 10.7. The van der Waals surface area contributed by atoms with Crippen molar-refractivity contribution in [3.05, 3.63) is 73.8 Å². The predicted molar refractivity (Wildman–Crippen MR) is 130 cm³/mol. The Morgan fingerprint density at radius 3 is 2.64 bits per heavy atom. The van der Waals surface area contributed by atoms with Gasteiger partial charge in [-0.3, -0.25) is 14.9 Å². The van der Waals surface area contributed by atoms with E-state index >= 15 is 0 Å². The lowest BCUT2D eigenvalue weighted by molar-refractivity contribution is 0.187. The van der Waals surface area contributed by atoms with Crippen LogP contribution in [-0.4, -0.2) is 33.3 Å². The molecule has 7 rings (SSSR count). The molecule has 4 heterocycles. The van der Waals surface area contributed by atoms with Gasteiger partial charge in [0.05, 0.1) is 5.69 Å². The fourth-order valence-electron chi connectivity index (χ4n) is 6.17. The van der Waals surface area contributed by atoms with Crippen molar-refractivity contribution < 1.29 is 0 Å². The van der Waals surface area contributed by atoms with Crippen LogP contribution in [0.2, 0.25) is 0 Å². The SMILES string of the molecule is N[C@@H]1c2ccccc2CC12CCN(c1nc3[nH]nc(C4(c5cccs5)CC4)c3c(=O)[nH]1)CC2. The fraction of sp³-hybridized carbons (Fsp3) is 0.400. The van der Waals surface area contributed by atoms with Gasteiger partial charge in [-0.25, -0.2) is 0 Å². The molecule has 3 aliphatic rings. The van der Waals surface area contributed by atoms with Crippen molar-refractivity contribution in [3.8, 4) is 0 Å². The standard InChI is InChI=1S/C25H26N6OS/c26-19-16-5-2-1-4-15(16)14-24(19)9-11-31(12-10-24)23-27-21-18(22(32)28-23)20(29-30-21)25(7-8-25)17-6-3-13-33-17/h1-6,13,19H,7-12,14,26H2,(H2,27,28,29,30,32)/t19-/m1/s1. The molecular formula is C25H26N6OS. The number of piperidine rings is 1. The van der Waals surface area contributed by atoms with Crippen LogP contribution < -0.4 is 16.2 Å². The Balaban J connectivity index is 1.17. The lowest BCUT2D eigenvalue weighted by atomic mass is 9.73. The maximum Gasteiger partial charge on any atom is 0.263 e. The second-order valence-corrected chi connectivity index (χ2v) is 10.9. The highest BCUT2D eigenvalue weighted by Gasteiger charge is 2.50. The summed E-state index contributed by atoms with van der Waals surface area (Å²) in [5, 5.41) is 10.3. The first-order chi connectivity index (χ1) is 16.1. The summed E-state index contributed by atoms with van der Waals surface area (Å²) in [6.45, 7) is 1.66.